The van der Waals surface area contributed by atoms with Crippen LogP contribution in [-0.4, -0.2) is 32.5 Å². The van der Waals surface area contributed by atoms with E-state index in [0.717, 1.165) is 12.1 Å². The number of nitrogens with one attached hydrogen (secondary N) is 2. The molecule has 14 heteroatoms. The van der Waals surface area contributed by atoms with Gasteiger partial charge in [-0.3, -0.25) is 0 Å². The zero-order chi connectivity index (χ0) is 24.6. The van der Waals surface area contributed by atoms with E-state index in [-0.39, 0.29) is 11.6 Å². The number of para-hydroxylation sites is 1. The van der Waals surface area contributed by atoms with Gasteiger partial charge in [0.05, 0.1) is 16.9 Å². The van der Waals surface area contributed by atoms with Crippen LogP contribution in [0.1, 0.15) is 5.56 Å². The van der Waals surface area contributed by atoms with Gasteiger partial charge in [0.15, 0.2) is 0 Å². The molecule has 1 heterocycles. The normalized spacial score (nSPS) is 10.4. The lowest BCUT2D eigenvalue weighted by molar-refractivity contribution is -0.137. The first-order valence-corrected chi connectivity index (χ1v) is 8.67. The third-order valence-electron chi connectivity index (χ3n) is 3.61. The molecule has 0 amide bonds. The second-order valence-electron chi connectivity index (χ2n) is 5.93. The van der Waals surface area contributed by atoms with Crippen molar-refractivity contribution >= 4 is 41.1 Å². The molecule has 3 rings (SSSR count). The Morgan fingerprint density at radius 2 is 1.61 bits per heavy atom. The van der Waals surface area contributed by atoms with E-state index in [1.54, 1.807) is 12.1 Å². The average Bonchev–Trinajstić information content (AvgIpc) is 2.71. The number of nitrogens with two attached hydrogens (primary N) is 1. The summed E-state index contributed by atoms with van der Waals surface area (Å²) < 4.78 is 54.3. The van der Waals surface area contributed by atoms with E-state index in [9.17, 15) is 27.2 Å². The Kier molecular flexibility index (Phi) is 7.92. The summed E-state index contributed by atoms with van der Waals surface area (Å²) in [5.74, 6) is -0.0661. The van der Waals surface area contributed by atoms with E-state index in [0.29, 0.717) is 17.2 Å². The summed E-state index contributed by atoms with van der Waals surface area (Å²) in [6, 6.07) is 10.3. The van der Waals surface area contributed by atoms with Crippen molar-refractivity contribution in [3.8, 4) is 0 Å². The number of carboxylic acid groups (broad SMARTS) is 2. The van der Waals surface area contributed by atoms with Crippen LogP contribution in [-0.2, 0) is 10.9 Å². The lowest BCUT2D eigenvalue weighted by Crippen LogP contribution is -2.05. The molecule has 2 aromatic carbocycles. The third kappa shape index (κ3) is 7.86. The summed E-state index contributed by atoms with van der Waals surface area (Å²) >= 11 is 0. The van der Waals surface area contributed by atoms with Gasteiger partial charge in [-0.25, -0.2) is 19.0 Å². The number of anilines is 5. The SMILES string of the molecule is Nc1c(F)cccc1Nc1ccnc(Nc2ccc(C(F)(F)F)cc2)n1.O=C(O)OC(=O)O. The third-order valence-corrected chi connectivity index (χ3v) is 3.61. The molecule has 6 N–H and O–H groups in total. The van der Waals surface area contributed by atoms with Crippen molar-refractivity contribution in [3.63, 3.8) is 0 Å². The lowest BCUT2D eigenvalue weighted by Gasteiger charge is -2.11. The summed E-state index contributed by atoms with van der Waals surface area (Å²) in [7, 11) is 0. The first-order chi connectivity index (χ1) is 15.5. The first kappa shape index (κ1) is 24.6. The predicted octanol–water partition coefficient (Wildman–Crippen LogP) is 5.06. The molecule has 0 aliphatic rings. The second kappa shape index (κ2) is 10.6. The fraction of sp³-hybridized carbons (Fsp3) is 0.0526. The summed E-state index contributed by atoms with van der Waals surface area (Å²) in [6.45, 7) is 0. The highest BCUT2D eigenvalue weighted by Crippen LogP contribution is 2.30. The van der Waals surface area contributed by atoms with E-state index >= 15 is 0 Å². The Hall–Kier alpha value is -4.62. The summed E-state index contributed by atoms with van der Waals surface area (Å²) in [4.78, 5) is 26.6. The van der Waals surface area contributed by atoms with Gasteiger partial charge < -0.3 is 31.3 Å². The molecule has 0 aliphatic carbocycles. The van der Waals surface area contributed by atoms with Crippen LogP contribution in [0.5, 0.6) is 0 Å². The minimum absolute atomic E-state index is 0.0524. The van der Waals surface area contributed by atoms with Crippen molar-refractivity contribution in [2.45, 2.75) is 6.18 Å². The molecule has 0 radical (unpaired) electrons. The van der Waals surface area contributed by atoms with Gasteiger partial charge in [-0.15, -0.1) is 0 Å². The van der Waals surface area contributed by atoms with Crippen molar-refractivity contribution in [2.24, 2.45) is 0 Å². The first-order valence-electron chi connectivity index (χ1n) is 8.67. The summed E-state index contributed by atoms with van der Waals surface area (Å²) in [6.07, 6.45) is -6.58. The second-order valence-corrected chi connectivity index (χ2v) is 5.93. The number of benzene rings is 2. The summed E-state index contributed by atoms with van der Waals surface area (Å²) in [5.41, 5.74) is 5.58. The maximum absolute atomic E-state index is 13.5. The number of nitrogens with zero attached hydrogens (tertiary/aromatic N) is 2. The molecule has 0 unspecified atom stereocenters. The smallest absolute Gasteiger partial charge is 0.449 e. The van der Waals surface area contributed by atoms with Gasteiger partial charge in [-0.1, -0.05) is 6.07 Å². The molecular formula is C19H15F4N5O5. The molecule has 0 fully saturated rings. The molecule has 0 saturated heterocycles. The Morgan fingerprint density at radius 3 is 2.15 bits per heavy atom. The minimum Gasteiger partial charge on any atom is -0.449 e. The Balaban J connectivity index is 0.000000479. The number of aromatic nitrogens is 2. The molecule has 174 valence electrons. The van der Waals surface area contributed by atoms with Gasteiger partial charge in [0.25, 0.3) is 0 Å². The fourth-order valence-corrected chi connectivity index (χ4v) is 2.22. The van der Waals surface area contributed by atoms with Gasteiger partial charge in [0, 0.05) is 11.9 Å². The van der Waals surface area contributed by atoms with Crippen LogP contribution in [0.25, 0.3) is 0 Å². The number of carbonyl (C=O) groups is 2. The van der Waals surface area contributed by atoms with Crippen LogP contribution in [0.15, 0.2) is 54.7 Å². The molecule has 0 atom stereocenters. The zero-order valence-electron chi connectivity index (χ0n) is 16.3. The maximum Gasteiger partial charge on any atom is 0.516 e. The molecule has 0 saturated carbocycles. The van der Waals surface area contributed by atoms with Crippen LogP contribution in [0.4, 0.5) is 56.0 Å². The lowest BCUT2D eigenvalue weighted by atomic mass is 10.2. The van der Waals surface area contributed by atoms with Crippen molar-refractivity contribution in [3.05, 3.63) is 66.1 Å². The van der Waals surface area contributed by atoms with E-state index < -0.39 is 29.9 Å². The number of nitrogen functional groups attached to an aromatic ring is 1. The van der Waals surface area contributed by atoms with Crippen molar-refractivity contribution in [2.75, 3.05) is 16.4 Å². The maximum atomic E-state index is 13.5. The summed E-state index contributed by atoms with van der Waals surface area (Å²) in [5, 5.41) is 20.6. The highest BCUT2D eigenvalue weighted by molar-refractivity contribution is 5.74. The number of rotatable bonds is 4. The molecule has 33 heavy (non-hydrogen) atoms. The minimum atomic E-state index is -4.40. The number of halogens is 4. The van der Waals surface area contributed by atoms with E-state index in [4.69, 9.17) is 15.9 Å². The van der Waals surface area contributed by atoms with Gasteiger partial charge in [0.2, 0.25) is 5.95 Å². The van der Waals surface area contributed by atoms with Crippen LogP contribution in [0.2, 0.25) is 0 Å². The topological polar surface area (TPSA) is 160 Å². The number of hydrogen-bond acceptors (Lipinski definition) is 8. The largest absolute Gasteiger partial charge is 0.516 e. The fourth-order valence-electron chi connectivity index (χ4n) is 2.22. The molecule has 10 nitrogen and oxygen atoms in total. The van der Waals surface area contributed by atoms with Crippen molar-refractivity contribution in [1.82, 2.24) is 9.97 Å². The van der Waals surface area contributed by atoms with Crippen molar-refractivity contribution < 1.29 is 42.1 Å². The molecule has 0 aliphatic heterocycles. The van der Waals surface area contributed by atoms with E-state index in [1.165, 1.54) is 30.5 Å². The monoisotopic (exact) mass is 469 g/mol. The highest BCUT2D eigenvalue weighted by atomic mass is 19.4. The Bertz CT molecular complexity index is 1110. The van der Waals surface area contributed by atoms with Crippen molar-refractivity contribution in [1.29, 1.82) is 0 Å². The van der Waals surface area contributed by atoms with E-state index in [1.807, 2.05) is 0 Å². The van der Waals surface area contributed by atoms with Gasteiger partial charge >= 0.3 is 18.5 Å². The van der Waals surface area contributed by atoms with Crippen LogP contribution >= 0.6 is 0 Å². The number of ether oxygens (including phenoxy) is 1. The van der Waals surface area contributed by atoms with Crippen LogP contribution in [0.3, 0.4) is 0 Å². The average molecular weight is 469 g/mol. The Morgan fingerprint density at radius 1 is 0.970 bits per heavy atom. The zero-order valence-corrected chi connectivity index (χ0v) is 16.3. The molecule has 3 aromatic rings. The predicted molar refractivity (Wildman–Crippen MR) is 108 cm³/mol. The molecule has 0 bridgehead atoms. The van der Waals surface area contributed by atoms with Crippen LogP contribution < -0.4 is 16.4 Å². The number of hydrogen-bond donors (Lipinski definition) is 5. The quantitative estimate of drug-likeness (QED) is 0.151. The standard InChI is InChI=1S/C17H13F4N5.C2H2O5/c18-12-2-1-3-13(15(12)22)25-14-8-9-23-16(26-14)24-11-6-4-10(5-7-11)17(19,20)21;3-1(4)7-2(5)6/h1-9H,22H2,(H2,23,24,25,26);(H,3,4)(H,5,6). The van der Waals surface area contributed by atoms with Gasteiger partial charge in [0.1, 0.15) is 11.6 Å². The molecular weight excluding hydrogens is 454 g/mol. The van der Waals surface area contributed by atoms with Gasteiger partial charge in [-0.2, -0.15) is 18.2 Å². The molecule has 0 spiro atoms. The highest BCUT2D eigenvalue weighted by Gasteiger charge is 2.29. The number of alkyl halides is 3. The van der Waals surface area contributed by atoms with E-state index in [2.05, 4.69) is 25.3 Å². The van der Waals surface area contributed by atoms with Gasteiger partial charge in [-0.05, 0) is 42.5 Å². The van der Waals surface area contributed by atoms with Crippen LogP contribution in [0, 0.1) is 5.82 Å². The Labute approximate surface area is 182 Å². The molecule has 1 aromatic heterocycles.